The van der Waals surface area contributed by atoms with Crippen LogP contribution < -0.4 is 5.32 Å². The van der Waals surface area contributed by atoms with E-state index in [1.165, 1.54) is 23.1 Å². The van der Waals surface area contributed by atoms with Crippen LogP contribution >= 0.6 is 57.9 Å². The fraction of sp³-hybridized carbons (Fsp3) is 0.467. The number of carbonyl (C=O) groups excluding carboxylic acids is 1. The third kappa shape index (κ3) is 5.98. The zero-order valence-electron chi connectivity index (χ0n) is 12.5. The van der Waals surface area contributed by atoms with Crippen molar-refractivity contribution in [2.75, 3.05) is 0 Å². The van der Waals surface area contributed by atoms with Gasteiger partial charge in [0.05, 0.1) is 10.2 Å². The molecule has 1 N–H and O–H groups in total. The molecule has 126 valence electrons. The minimum Gasteiger partial charge on any atom is -0.340 e. The van der Waals surface area contributed by atoms with Gasteiger partial charge in [-0.05, 0) is 18.6 Å². The van der Waals surface area contributed by atoms with E-state index in [1.54, 1.807) is 0 Å². The molecule has 0 aliphatic carbocycles. The summed E-state index contributed by atoms with van der Waals surface area (Å²) in [5.41, 5.74) is 0.900. The number of alkyl halides is 3. The number of aromatic nitrogens is 1. The first kappa shape index (κ1) is 19.1. The molecule has 23 heavy (non-hydrogen) atoms. The zero-order valence-corrected chi connectivity index (χ0v) is 16.4. The van der Waals surface area contributed by atoms with E-state index < -0.39 is 9.17 Å². The van der Waals surface area contributed by atoms with Crippen molar-refractivity contribution in [1.29, 1.82) is 0 Å². The average Bonchev–Trinajstić information content (AvgIpc) is 2.88. The van der Waals surface area contributed by atoms with Crippen molar-refractivity contribution in [3.63, 3.8) is 0 Å². The number of hydrogen-bond donors (Lipinski definition) is 1. The van der Waals surface area contributed by atoms with Gasteiger partial charge in [0.15, 0.2) is 4.34 Å². The second-order valence-electron chi connectivity index (χ2n) is 5.01. The number of amides is 1. The summed E-state index contributed by atoms with van der Waals surface area (Å²) < 4.78 is 0.215. The molecule has 0 unspecified atom stereocenters. The zero-order chi connectivity index (χ0) is 16.9. The highest BCUT2D eigenvalue weighted by atomic mass is 35.6. The summed E-state index contributed by atoms with van der Waals surface area (Å²) in [6, 6.07) is 7.81. The maximum absolute atomic E-state index is 12.0. The predicted molar refractivity (Wildman–Crippen MR) is 102 cm³/mol. The highest BCUT2D eigenvalue weighted by Crippen LogP contribution is 2.41. The van der Waals surface area contributed by atoms with Crippen molar-refractivity contribution in [2.45, 2.75) is 46.1 Å². The van der Waals surface area contributed by atoms with Crippen LogP contribution in [0.1, 0.15) is 32.6 Å². The fourth-order valence-electron chi connectivity index (χ4n) is 1.93. The Kier molecular flexibility index (Phi) is 7.29. The Morgan fingerprint density at radius 1 is 1.35 bits per heavy atom. The van der Waals surface area contributed by atoms with Crippen molar-refractivity contribution < 1.29 is 4.79 Å². The first-order valence-corrected chi connectivity index (χ1v) is 10.1. The summed E-state index contributed by atoms with van der Waals surface area (Å²) in [5, 5.41) is 2.13. The van der Waals surface area contributed by atoms with E-state index in [-0.39, 0.29) is 5.91 Å². The summed E-state index contributed by atoms with van der Waals surface area (Å²) in [5.74, 6) is -0.108. The monoisotopic (exact) mass is 410 g/mol. The van der Waals surface area contributed by atoms with Crippen molar-refractivity contribution in [2.24, 2.45) is 0 Å². The second kappa shape index (κ2) is 8.77. The number of fused-ring (bicyclic) bond motifs is 1. The first-order valence-electron chi connectivity index (χ1n) is 7.28. The summed E-state index contributed by atoms with van der Waals surface area (Å²) in [4.78, 5) is 16.5. The van der Waals surface area contributed by atoms with Crippen molar-refractivity contribution in [3.8, 4) is 0 Å². The first-order chi connectivity index (χ1) is 10.9. The predicted octanol–water partition coefficient (Wildman–Crippen LogP) is 5.78. The molecule has 3 nitrogen and oxygen atoms in total. The summed E-state index contributed by atoms with van der Waals surface area (Å²) >= 11 is 20.9. The summed E-state index contributed by atoms with van der Waals surface area (Å²) in [6.07, 6.45) is 3.34. The van der Waals surface area contributed by atoms with Gasteiger partial charge in [0.2, 0.25) is 9.70 Å². The molecule has 2 rings (SSSR count). The molecule has 1 heterocycles. The van der Waals surface area contributed by atoms with Crippen LogP contribution in [0.25, 0.3) is 10.2 Å². The lowest BCUT2D eigenvalue weighted by Crippen LogP contribution is -2.41. The van der Waals surface area contributed by atoms with Crippen molar-refractivity contribution in [3.05, 3.63) is 24.3 Å². The number of unbranched alkanes of at least 4 members (excludes halogenated alkanes) is 2. The van der Waals surface area contributed by atoms with E-state index in [9.17, 15) is 4.79 Å². The number of para-hydroxylation sites is 1. The number of thiazole rings is 1. The molecule has 1 aromatic carbocycles. The lowest BCUT2D eigenvalue weighted by Gasteiger charge is -2.24. The molecule has 0 bridgehead atoms. The second-order valence-corrected chi connectivity index (χ2v) is 9.76. The summed E-state index contributed by atoms with van der Waals surface area (Å²) in [7, 11) is 0. The Balaban J connectivity index is 2.05. The van der Waals surface area contributed by atoms with Crippen LogP contribution in [0.2, 0.25) is 0 Å². The van der Waals surface area contributed by atoms with Gasteiger partial charge in [0, 0.05) is 6.42 Å². The highest BCUT2D eigenvalue weighted by Gasteiger charge is 2.35. The van der Waals surface area contributed by atoms with E-state index in [1.807, 2.05) is 24.3 Å². The SMILES string of the molecule is CCCCCC(=O)N[C@H](Sc1nc2ccccc2s1)C(Cl)(Cl)Cl. The van der Waals surface area contributed by atoms with Gasteiger partial charge in [0.1, 0.15) is 5.37 Å². The quantitative estimate of drug-likeness (QED) is 0.272. The average molecular weight is 412 g/mol. The fourth-order valence-corrected chi connectivity index (χ4v) is 4.62. The molecule has 0 aliphatic heterocycles. The largest absolute Gasteiger partial charge is 0.340 e. The van der Waals surface area contributed by atoms with Gasteiger partial charge >= 0.3 is 0 Å². The van der Waals surface area contributed by atoms with Crippen molar-refractivity contribution in [1.82, 2.24) is 10.3 Å². The van der Waals surface area contributed by atoms with Gasteiger partial charge in [-0.15, -0.1) is 11.3 Å². The number of rotatable bonds is 7. The van der Waals surface area contributed by atoms with Crippen LogP contribution in [0.4, 0.5) is 0 Å². The van der Waals surface area contributed by atoms with E-state index in [4.69, 9.17) is 34.8 Å². The lowest BCUT2D eigenvalue weighted by molar-refractivity contribution is -0.121. The van der Waals surface area contributed by atoms with Crippen LogP contribution in [-0.2, 0) is 4.79 Å². The molecule has 1 atom stereocenters. The van der Waals surface area contributed by atoms with E-state index >= 15 is 0 Å². The van der Waals surface area contributed by atoms with Crippen LogP contribution in [0.5, 0.6) is 0 Å². The van der Waals surface area contributed by atoms with E-state index in [0.717, 1.165) is 33.8 Å². The summed E-state index contributed by atoms with van der Waals surface area (Å²) in [6.45, 7) is 2.09. The molecule has 2 aromatic rings. The van der Waals surface area contributed by atoms with Gasteiger partial charge in [-0.2, -0.15) is 0 Å². The van der Waals surface area contributed by atoms with Crippen LogP contribution in [0.15, 0.2) is 28.6 Å². The normalized spacial score (nSPS) is 13.2. The topological polar surface area (TPSA) is 42.0 Å². The van der Waals surface area contributed by atoms with Gasteiger partial charge in [0.25, 0.3) is 0 Å². The van der Waals surface area contributed by atoms with Crippen LogP contribution in [0, 0.1) is 0 Å². The third-order valence-electron chi connectivity index (χ3n) is 3.09. The molecule has 1 amide bonds. The van der Waals surface area contributed by atoms with Gasteiger partial charge in [-0.25, -0.2) is 4.98 Å². The van der Waals surface area contributed by atoms with Gasteiger partial charge in [-0.3, -0.25) is 4.79 Å². The number of benzene rings is 1. The standard InChI is InChI=1S/C15H17Cl3N2OS2/c1-2-3-4-9-12(21)20-13(15(16,17)18)23-14-19-10-7-5-6-8-11(10)22-14/h5-8,13H,2-4,9H2,1H3,(H,20,21)/t13-/m1/s1. The highest BCUT2D eigenvalue weighted by molar-refractivity contribution is 8.02. The van der Waals surface area contributed by atoms with Crippen molar-refractivity contribution >= 4 is 74.0 Å². The molecular formula is C15H17Cl3N2OS2. The maximum Gasteiger partial charge on any atom is 0.221 e. The molecule has 0 fully saturated rings. The minimum atomic E-state index is -1.61. The van der Waals surface area contributed by atoms with Gasteiger partial charge < -0.3 is 5.32 Å². The molecule has 0 saturated heterocycles. The Labute approximate surface area is 159 Å². The Morgan fingerprint density at radius 3 is 2.74 bits per heavy atom. The number of thioether (sulfide) groups is 1. The third-order valence-corrected chi connectivity index (χ3v) is 6.50. The van der Waals surface area contributed by atoms with Crippen LogP contribution in [0.3, 0.4) is 0 Å². The number of hydrogen-bond acceptors (Lipinski definition) is 4. The van der Waals surface area contributed by atoms with E-state index in [0.29, 0.717) is 6.42 Å². The van der Waals surface area contributed by atoms with Gasteiger partial charge in [-0.1, -0.05) is 78.5 Å². The number of nitrogens with zero attached hydrogens (tertiary/aromatic N) is 1. The Morgan fingerprint density at radius 2 is 2.09 bits per heavy atom. The molecule has 1 aromatic heterocycles. The van der Waals surface area contributed by atoms with Crippen LogP contribution in [-0.4, -0.2) is 20.1 Å². The number of carbonyl (C=O) groups is 1. The van der Waals surface area contributed by atoms with E-state index in [2.05, 4.69) is 17.2 Å². The molecule has 8 heteroatoms. The Bertz CT molecular complexity index is 624. The molecule has 0 saturated carbocycles. The molecular weight excluding hydrogens is 395 g/mol. The minimum absolute atomic E-state index is 0.108. The molecule has 0 spiro atoms. The Hall–Kier alpha value is -0.200. The number of halogens is 3. The molecule has 0 radical (unpaired) electrons. The molecule has 0 aliphatic rings. The lowest BCUT2D eigenvalue weighted by atomic mass is 10.2. The number of nitrogens with one attached hydrogen (secondary N) is 1. The maximum atomic E-state index is 12.0. The smallest absolute Gasteiger partial charge is 0.221 e.